The van der Waals surface area contributed by atoms with E-state index in [1.807, 2.05) is 6.92 Å². The molecule has 0 saturated heterocycles. The molecular weight excluding hydrogens is 485 g/mol. The van der Waals surface area contributed by atoms with Crippen molar-refractivity contribution < 1.29 is 18.0 Å². The predicted molar refractivity (Wildman–Crippen MR) is 133 cm³/mol. The zero-order chi connectivity index (χ0) is 24.8. The first kappa shape index (κ1) is 27.0. The smallest absolute Gasteiger partial charge is 0.244 e. The number of halogens is 2. The van der Waals surface area contributed by atoms with Crippen LogP contribution in [0.4, 0.5) is 5.69 Å². The first-order valence-electron chi connectivity index (χ1n) is 10.5. The molecule has 0 heterocycles. The number of amides is 2. The molecule has 1 atom stereocenters. The van der Waals surface area contributed by atoms with E-state index in [4.69, 9.17) is 23.2 Å². The number of hydrogen-bond donors (Lipinski definition) is 1. The van der Waals surface area contributed by atoms with Crippen LogP contribution in [-0.4, -0.2) is 50.5 Å². The van der Waals surface area contributed by atoms with E-state index in [9.17, 15) is 18.0 Å². The summed E-state index contributed by atoms with van der Waals surface area (Å²) in [4.78, 5) is 27.5. The molecule has 0 spiro atoms. The van der Waals surface area contributed by atoms with Gasteiger partial charge in [0, 0.05) is 13.1 Å². The van der Waals surface area contributed by atoms with Gasteiger partial charge in [-0.05, 0) is 49.6 Å². The normalized spacial score (nSPS) is 12.2. The summed E-state index contributed by atoms with van der Waals surface area (Å²) in [6.45, 7) is 5.38. The molecule has 2 rings (SSSR count). The lowest BCUT2D eigenvalue weighted by Crippen LogP contribution is -2.51. The van der Waals surface area contributed by atoms with Crippen molar-refractivity contribution in [2.24, 2.45) is 0 Å². The Hall–Kier alpha value is -2.29. The number of rotatable bonds is 10. The van der Waals surface area contributed by atoms with Crippen LogP contribution in [0.15, 0.2) is 42.5 Å². The number of anilines is 1. The number of para-hydroxylation sites is 1. The molecule has 0 fully saturated rings. The Labute approximate surface area is 205 Å². The van der Waals surface area contributed by atoms with Crippen LogP contribution in [0.2, 0.25) is 10.0 Å². The van der Waals surface area contributed by atoms with Crippen LogP contribution in [0, 0.1) is 6.92 Å². The van der Waals surface area contributed by atoms with Crippen molar-refractivity contribution >= 4 is 50.7 Å². The van der Waals surface area contributed by atoms with Gasteiger partial charge in [-0.25, -0.2) is 8.42 Å². The van der Waals surface area contributed by atoms with Crippen LogP contribution in [-0.2, 0) is 26.2 Å². The molecule has 33 heavy (non-hydrogen) atoms. The predicted octanol–water partition coefficient (Wildman–Crippen LogP) is 4.01. The third-order valence-corrected chi connectivity index (χ3v) is 6.98. The summed E-state index contributed by atoms with van der Waals surface area (Å²) in [5, 5.41) is 3.48. The molecule has 1 N–H and O–H groups in total. The Kier molecular flexibility index (Phi) is 9.57. The molecule has 0 saturated carbocycles. The zero-order valence-corrected chi connectivity index (χ0v) is 21.5. The highest BCUT2D eigenvalue weighted by molar-refractivity contribution is 7.92. The average molecular weight is 514 g/mol. The third kappa shape index (κ3) is 7.35. The average Bonchev–Trinajstić information content (AvgIpc) is 2.75. The molecule has 0 aromatic heterocycles. The van der Waals surface area contributed by atoms with Gasteiger partial charge in [-0.1, -0.05) is 54.4 Å². The molecule has 0 bridgehead atoms. The van der Waals surface area contributed by atoms with Crippen molar-refractivity contribution in [1.82, 2.24) is 10.2 Å². The van der Waals surface area contributed by atoms with E-state index in [-0.39, 0.29) is 12.5 Å². The first-order valence-corrected chi connectivity index (χ1v) is 13.1. The van der Waals surface area contributed by atoms with Gasteiger partial charge >= 0.3 is 0 Å². The van der Waals surface area contributed by atoms with Gasteiger partial charge in [-0.2, -0.15) is 0 Å². The summed E-state index contributed by atoms with van der Waals surface area (Å²) < 4.78 is 26.2. The molecule has 10 heteroatoms. The fraction of sp³-hybridized carbons (Fsp3) is 0.391. The number of hydrogen-bond acceptors (Lipinski definition) is 4. The highest BCUT2D eigenvalue weighted by Gasteiger charge is 2.30. The van der Waals surface area contributed by atoms with E-state index < -0.39 is 28.5 Å². The van der Waals surface area contributed by atoms with E-state index in [1.165, 1.54) is 4.90 Å². The molecule has 2 aromatic rings. The van der Waals surface area contributed by atoms with E-state index >= 15 is 0 Å². The number of carbonyl (C=O) groups excluding carboxylic acids is 2. The van der Waals surface area contributed by atoms with Crippen molar-refractivity contribution in [1.29, 1.82) is 0 Å². The topological polar surface area (TPSA) is 86.8 Å². The molecule has 0 unspecified atom stereocenters. The van der Waals surface area contributed by atoms with Crippen molar-refractivity contribution in [2.75, 3.05) is 23.7 Å². The number of benzene rings is 2. The van der Waals surface area contributed by atoms with Crippen LogP contribution >= 0.6 is 23.2 Å². The Morgan fingerprint density at radius 2 is 1.76 bits per heavy atom. The van der Waals surface area contributed by atoms with E-state index in [2.05, 4.69) is 5.32 Å². The molecule has 0 radical (unpaired) electrons. The van der Waals surface area contributed by atoms with Gasteiger partial charge in [0.15, 0.2) is 0 Å². The summed E-state index contributed by atoms with van der Waals surface area (Å²) in [5.41, 5.74) is 1.78. The Bertz CT molecular complexity index is 1110. The van der Waals surface area contributed by atoms with Crippen LogP contribution in [0.25, 0.3) is 0 Å². The van der Waals surface area contributed by atoms with Gasteiger partial charge in [0.05, 0.1) is 22.0 Å². The molecule has 7 nitrogen and oxygen atoms in total. The minimum absolute atomic E-state index is 0.0573. The number of nitrogens with zero attached hydrogens (tertiary/aromatic N) is 2. The summed E-state index contributed by atoms with van der Waals surface area (Å²) in [5.74, 6) is -0.846. The number of aryl methyl sites for hydroxylation is 1. The molecular formula is C23H29Cl2N3O4S. The second kappa shape index (κ2) is 11.7. The third-order valence-electron chi connectivity index (χ3n) is 5.12. The quantitative estimate of drug-likeness (QED) is 0.519. The van der Waals surface area contributed by atoms with Gasteiger partial charge in [-0.15, -0.1) is 0 Å². The number of nitrogens with one attached hydrogen (secondary N) is 1. The second-order valence-electron chi connectivity index (χ2n) is 7.79. The lowest BCUT2D eigenvalue weighted by atomic mass is 10.1. The summed E-state index contributed by atoms with van der Waals surface area (Å²) in [6.07, 6.45) is 1.79. The van der Waals surface area contributed by atoms with Crippen LogP contribution in [0.1, 0.15) is 31.4 Å². The van der Waals surface area contributed by atoms with Crippen molar-refractivity contribution in [2.45, 2.75) is 39.8 Å². The van der Waals surface area contributed by atoms with Gasteiger partial charge in [-0.3, -0.25) is 13.9 Å². The maximum atomic E-state index is 13.4. The molecule has 180 valence electrons. The SMILES string of the molecule is CCCNC(=O)[C@@H](C)N(Cc1ccc(Cl)c(Cl)c1)C(=O)CN(c1ccccc1C)S(C)(=O)=O. The fourth-order valence-electron chi connectivity index (χ4n) is 3.25. The molecule has 0 aliphatic heterocycles. The van der Waals surface area contributed by atoms with E-state index in [0.29, 0.717) is 33.4 Å². The van der Waals surface area contributed by atoms with E-state index in [1.54, 1.807) is 56.3 Å². The summed E-state index contributed by atoms with van der Waals surface area (Å²) in [7, 11) is -3.77. The van der Waals surface area contributed by atoms with Crippen LogP contribution in [0.3, 0.4) is 0 Å². The maximum Gasteiger partial charge on any atom is 0.244 e. The van der Waals surface area contributed by atoms with Gasteiger partial charge < -0.3 is 10.2 Å². The lowest BCUT2D eigenvalue weighted by Gasteiger charge is -2.32. The molecule has 0 aliphatic rings. The zero-order valence-electron chi connectivity index (χ0n) is 19.1. The van der Waals surface area contributed by atoms with Gasteiger partial charge in [0.2, 0.25) is 21.8 Å². The lowest BCUT2D eigenvalue weighted by molar-refractivity contribution is -0.139. The Balaban J connectivity index is 2.40. The standard InChI is InChI=1S/C23H29Cl2N3O4S/c1-5-12-26-23(30)17(3)27(14-18-10-11-19(24)20(25)13-18)22(29)15-28(33(4,31)32)21-9-7-6-8-16(21)2/h6-11,13,17H,5,12,14-15H2,1-4H3,(H,26,30)/t17-/m1/s1. The Morgan fingerprint density at radius 1 is 1.09 bits per heavy atom. The van der Waals surface area contributed by atoms with Crippen molar-refractivity contribution in [3.05, 3.63) is 63.6 Å². The van der Waals surface area contributed by atoms with E-state index in [0.717, 1.165) is 17.0 Å². The van der Waals surface area contributed by atoms with Gasteiger partial charge in [0.25, 0.3) is 0 Å². The number of carbonyl (C=O) groups is 2. The maximum absolute atomic E-state index is 13.4. The second-order valence-corrected chi connectivity index (χ2v) is 10.5. The highest BCUT2D eigenvalue weighted by Crippen LogP contribution is 2.25. The molecule has 0 aliphatic carbocycles. The van der Waals surface area contributed by atoms with Crippen molar-refractivity contribution in [3.63, 3.8) is 0 Å². The highest BCUT2D eigenvalue weighted by atomic mass is 35.5. The Morgan fingerprint density at radius 3 is 2.33 bits per heavy atom. The van der Waals surface area contributed by atoms with Crippen LogP contribution in [0.5, 0.6) is 0 Å². The van der Waals surface area contributed by atoms with Crippen molar-refractivity contribution in [3.8, 4) is 0 Å². The minimum Gasteiger partial charge on any atom is -0.354 e. The summed E-state index contributed by atoms with van der Waals surface area (Å²) >= 11 is 12.1. The van der Waals surface area contributed by atoms with Gasteiger partial charge in [0.1, 0.15) is 12.6 Å². The summed E-state index contributed by atoms with van der Waals surface area (Å²) in [6, 6.07) is 11.0. The number of sulfonamides is 1. The molecule has 2 aromatic carbocycles. The first-order chi connectivity index (χ1) is 15.5. The minimum atomic E-state index is -3.77. The largest absolute Gasteiger partial charge is 0.354 e. The van der Waals surface area contributed by atoms with Crippen LogP contribution < -0.4 is 9.62 Å². The monoisotopic (exact) mass is 513 g/mol. The molecule has 2 amide bonds. The fourth-order valence-corrected chi connectivity index (χ4v) is 4.48.